The van der Waals surface area contributed by atoms with Crippen molar-refractivity contribution in [1.29, 1.82) is 0 Å². The Labute approximate surface area is 100 Å². The molecule has 0 aromatic carbocycles. The van der Waals surface area contributed by atoms with Crippen molar-refractivity contribution >= 4 is 0 Å². The predicted octanol–water partition coefficient (Wildman–Crippen LogP) is 4.23. The minimum Gasteiger partial charge on any atom is -0.390 e. The summed E-state index contributed by atoms with van der Waals surface area (Å²) in [6.45, 7) is 8.26. The van der Waals surface area contributed by atoms with E-state index < -0.39 is 5.60 Å². The number of rotatable bonds is 1. The van der Waals surface area contributed by atoms with Gasteiger partial charge in [0.2, 0.25) is 0 Å². The third-order valence-electron chi connectivity index (χ3n) is 3.59. The van der Waals surface area contributed by atoms with E-state index in [1.807, 2.05) is 13.8 Å². The normalized spacial score (nSPS) is 24.7. The number of hydrogen-bond donors (Lipinski definition) is 1. The molecule has 1 unspecified atom stereocenters. The predicted molar refractivity (Wildman–Crippen MR) is 70.4 cm³/mol. The highest BCUT2D eigenvalue weighted by molar-refractivity contribution is 5.07. The first-order valence-corrected chi connectivity index (χ1v) is 6.43. The number of allylic oxidation sites excluding steroid dienone is 4. The van der Waals surface area contributed by atoms with Gasteiger partial charge in [-0.25, -0.2) is 0 Å². The fraction of sp³-hybridized carbons (Fsp3) is 0.733. The molecular formula is C15H26O. The summed E-state index contributed by atoms with van der Waals surface area (Å²) >= 11 is 0. The highest BCUT2D eigenvalue weighted by Crippen LogP contribution is 2.29. The molecule has 92 valence electrons. The summed E-state index contributed by atoms with van der Waals surface area (Å²) in [7, 11) is 0. The van der Waals surface area contributed by atoms with Gasteiger partial charge in [0.1, 0.15) is 0 Å². The quantitative estimate of drug-likeness (QED) is 0.658. The van der Waals surface area contributed by atoms with Gasteiger partial charge in [-0.15, -0.1) is 0 Å². The van der Waals surface area contributed by atoms with Crippen molar-refractivity contribution in [3.63, 3.8) is 0 Å². The van der Waals surface area contributed by atoms with Crippen LogP contribution in [-0.2, 0) is 0 Å². The molecule has 0 fully saturated rings. The second kappa shape index (κ2) is 5.67. The van der Waals surface area contributed by atoms with E-state index in [1.165, 1.54) is 30.4 Å². The van der Waals surface area contributed by atoms with E-state index in [2.05, 4.69) is 26.0 Å². The minimum atomic E-state index is -0.578. The zero-order valence-corrected chi connectivity index (χ0v) is 11.2. The molecule has 16 heavy (non-hydrogen) atoms. The largest absolute Gasteiger partial charge is 0.390 e. The van der Waals surface area contributed by atoms with Gasteiger partial charge in [-0.3, -0.25) is 0 Å². The molecule has 1 N–H and O–H groups in total. The highest BCUT2D eigenvalue weighted by atomic mass is 16.3. The minimum absolute atomic E-state index is 0.344. The van der Waals surface area contributed by atoms with Crippen molar-refractivity contribution in [1.82, 2.24) is 0 Å². The Morgan fingerprint density at radius 1 is 1.19 bits per heavy atom. The lowest BCUT2D eigenvalue weighted by Crippen LogP contribution is -2.30. The molecule has 1 rings (SSSR count). The van der Waals surface area contributed by atoms with Gasteiger partial charge in [-0.05, 0) is 65.7 Å². The monoisotopic (exact) mass is 222 g/mol. The Morgan fingerprint density at radius 3 is 2.50 bits per heavy atom. The molecule has 1 nitrogen and oxygen atoms in total. The van der Waals surface area contributed by atoms with Gasteiger partial charge >= 0.3 is 0 Å². The summed E-state index contributed by atoms with van der Waals surface area (Å²) in [6.07, 6.45) is 10.3. The van der Waals surface area contributed by atoms with Gasteiger partial charge in [-0.1, -0.05) is 23.3 Å². The molecule has 0 heterocycles. The standard InChI is InChI=1S/C15H26O/c1-12-7-5-6-8-13(2)11-14(10-9-12)15(3,4)16/h8-9,14,16H,5-7,10-11H2,1-4H3. The van der Waals surface area contributed by atoms with E-state index in [0.29, 0.717) is 5.92 Å². The number of hydrogen-bond acceptors (Lipinski definition) is 1. The van der Waals surface area contributed by atoms with E-state index in [0.717, 1.165) is 12.8 Å². The Kier molecular flexibility index (Phi) is 4.79. The van der Waals surface area contributed by atoms with Crippen LogP contribution in [0.25, 0.3) is 0 Å². The van der Waals surface area contributed by atoms with Crippen LogP contribution in [0.15, 0.2) is 23.3 Å². The molecule has 1 atom stereocenters. The van der Waals surface area contributed by atoms with Crippen LogP contribution in [0.2, 0.25) is 0 Å². The number of aliphatic hydroxyl groups is 1. The van der Waals surface area contributed by atoms with Crippen LogP contribution in [-0.4, -0.2) is 10.7 Å². The summed E-state index contributed by atoms with van der Waals surface area (Å²) in [5.74, 6) is 0.344. The zero-order valence-electron chi connectivity index (χ0n) is 11.2. The molecule has 0 spiro atoms. The maximum atomic E-state index is 10.2. The molecule has 0 aliphatic heterocycles. The van der Waals surface area contributed by atoms with Crippen LogP contribution in [0.5, 0.6) is 0 Å². The van der Waals surface area contributed by atoms with Crippen LogP contribution in [0, 0.1) is 5.92 Å². The van der Waals surface area contributed by atoms with Gasteiger partial charge in [-0.2, -0.15) is 0 Å². The van der Waals surface area contributed by atoms with E-state index in [1.54, 1.807) is 0 Å². The summed E-state index contributed by atoms with van der Waals surface area (Å²) in [6, 6.07) is 0. The van der Waals surface area contributed by atoms with Gasteiger partial charge in [0.05, 0.1) is 5.60 Å². The SMILES string of the molecule is CC1=CCC(C(C)(C)O)CC(C)=CCCC1. The Balaban J connectivity index is 2.79. The highest BCUT2D eigenvalue weighted by Gasteiger charge is 2.25. The van der Waals surface area contributed by atoms with Crippen LogP contribution >= 0.6 is 0 Å². The lowest BCUT2D eigenvalue weighted by atomic mass is 9.82. The molecule has 1 aliphatic carbocycles. The molecule has 0 radical (unpaired) electrons. The van der Waals surface area contributed by atoms with E-state index >= 15 is 0 Å². The average Bonchev–Trinajstić information content (AvgIpc) is 2.17. The summed E-state index contributed by atoms with van der Waals surface area (Å²) in [5.41, 5.74) is 2.33. The van der Waals surface area contributed by atoms with Gasteiger partial charge in [0.25, 0.3) is 0 Å². The molecule has 1 aliphatic rings. The topological polar surface area (TPSA) is 20.2 Å². The van der Waals surface area contributed by atoms with Gasteiger partial charge in [0.15, 0.2) is 0 Å². The molecule has 0 amide bonds. The Morgan fingerprint density at radius 2 is 1.88 bits per heavy atom. The second-order valence-electron chi connectivity index (χ2n) is 5.78. The smallest absolute Gasteiger partial charge is 0.0625 e. The van der Waals surface area contributed by atoms with E-state index in [9.17, 15) is 5.11 Å². The fourth-order valence-corrected chi connectivity index (χ4v) is 2.27. The first kappa shape index (κ1) is 13.5. The van der Waals surface area contributed by atoms with Crippen molar-refractivity contribution in [2.24, 2.45) is 5.92 Å². The van der Waals surface area contributed by atoms with Crippen molar-refractivity contribution < 1.29 is 5.11 Å². The molecule has 0 saturated heterocycles. The maximum Gasteiger partial charge on any atom is 0.0625 e. The van der Waals surface area contributed by atoms with Crippen molar-refractivity contribution in [2.75, 3.05) is 0 Å². The first-order chi connectivity index (χ1) is 7.39. The summed E-state index contributed by atoms with van der Waals surface area (Å²) in [4.78, 5) is 0. The second-order valence-corrected chi connectivity index (χ2v) is 5.78. The Bertz CT molecular complexity index is 278. The van der Waals surface area contributed by atoms with Gasteiger partial charge in [0, 0.05) is 0 Å². The third-order valence-corrected chi connectivity index (χ3v) is 3.59. The molecule has 0 bridgehead atoms. The van der Waals surface area contributed by atoms with Crippen LogP contribution in [0.4, 0.5) is 0 Å². The summed E-state index contributed by atoms with van der Waals surface area (Å²) in [5, 5.41) is 10.2. The summed E-state index contributed by atoms with van der Waals surface area (Å²) < 4.78 is 0. The lowest BCUT2D eigenvalue weighted by Gasteiger charge is -2.29. The van der Waals surface area contributed by atoms with Crippen molar-refractivity contribution in [3.8, 4) is 0 Å². The van der Waals surface area contributed by atoms with Crippen LogP contribution in [0.1, 0.15) is 59.8 Å². The molecule has 1 heteroatoms. The van der Waals surface area contributed by atoms with Crippen LogP contribution in [0.3, 0.4) is 0 Å². The molecule has 0 saturated carbocycles. The van der Waals surface area contributed by atoms with Crippen molar-refractivity contribution in [3.05, 3.63) is 23.3 Å². The first-order valence-electron chi connectivity index (χ1n) is 6.43. The van der Waals surface area contributed by atoms with E-state index in [-0.39, 0.29) is 0 Å². The van der Waals surface area contributed by atoms with Crippen molar-refractivity contribution in [2.45, 2.75) is 65.4 Å². The molecule has 0 aromatic heterocycles. The zero-order chi connectivity index (χ0) is 12.2. The molecule has 0 aromatic rings. The average molecular weight is 222 g/mol. The third kappa shape index (κ3) is 4.52. The lowest BCUT2D eigenvalue weighted by molar-refractivity contribution is 0.0181. The fourth-order valence-electron chi connectivity index (χ4n) is 2.27. The van der Waals surface area contributed by atoms with Crippen LogP contribution < -0.4 is 0 Å². The molecular weight excluding hydrogens is 196 g/mol. The maximum absolute atomic E-state index is 10.2. The Hall–Kier alpha value is -0.560. The van der Waals surface area contributed by atoms with Gasteiger partial charge < -0.3 is 5.11 Å². The van der Waals surface area contributed by atoms with E-state index in [4.69, 9.17) is 0 Å².